The average molecular weight is 286 g/mol. The second-order valence-corrected chi connectivity index (χ2v) is 5.96. The highest BCUT2D eigenvalue weighted by atomic mass is 31.2. The third kappa shape index (κ3) is 6.76. The van der Waals surface area contributed by atoms with Crippen molar-refractivity contribution in [3.63, 3.8) is 0 Å². The SMILES string of the molecule is CCCCC(CC)COP(=O)(O)Oc1ccccc1. The predicted molar refractivity (Wildman–Crippen MR) is 76.2 cm³/mol. The number of phosphoric acid groups is 1. The van der Waals surface area contributed by atoms with Crippen molar-refractivity contribution in [1.82, 2.24) is 0 Å². The molecule has 1 N–H and O–H groups in total. The molecule has 0 amide bonds. The minimum absolute atomic E-state index is 0.261. The van der Waals surface area contributed by atoms with Gasteiger partial charge in [-0.05, 0) is 24.5 Å². The molecule has 0 saturated carbocycles. The molecule has 0 heterocycles. The summed E-state index contributed by atoms with van der Waals surface area (Å²) >= 11 is 0. The van der Waals surface area contributed by atoms with Gasteiger partial charge >= 0.3 is 7.82 Å². The van der Waals surface area contributed by atoms with Gasteiger partial charge in [0, 0.05) is 0 Å². The fourth-order valence-corrected chi connectivity index (χ4v) is 2.58. The Morgan fingerprint density at radius 3 is 2.53 bits per heavy atom. The molecule has 1 rings (SSSR count). The second-order valence-electron chi connectivity index (χ2n) is 4.59. The van der Waals surface area contributed by atoms with Gasteiger partial charge in [-0.25, -0.2) is 4.57 Å². The summed E-state index contributed by atoms with van der Waals surface area (Å²) in [4.78, 5) is 9.65. The molecule has 2 atom stereocenters. The van der Waals surface area contributed by atoms with E-state index in [0.717, 1.165) is 25.7 Å². The van der Waals surface area contributed by atoms with Crippen LogP contribution in [0.1, 0.15) is 39.5 Å². The summed E-state index contributed by atoms with van der Waals surface area (Å²) in [5, 5.41) is 0. The zero-order valence-electron chi connectivity index (χ0n) is 11.6. The summed E-state index contributed by atoms with van der Waals surface area (Å²) in [5.41, 5.74) is 0. The highest BCUT2D eigenvalue weighted by Gasteiger charge is 2.24. The van der Waals surface area contributed by atoms with Crippen molar-refractivity contribution < 1.29 is 18.5 Å². The molecule has 0 saturated heterocycles. The van der Waals surface area contributed by atoms with E-state index in [4.69, 9.17) is 9.05 Å². The smallest absolute Gasteiger partial charge is 0.404 e. The number of hydrogen-bond acceptors (Lipinski definition) is 3. The van der Waals surface area contributed by atoms with E-state index >= 15 is 0 Å². The zero-order chi connectivity index (χ0) is 14.1. The zero-order valence-corrected chi connectivity index (χ0v) is 12.5. The van der Waals surface area contributed by atoms with Gasteiger partial charge in [-0.15, -0.1) is 0 Å². The molecule has 2 unspecified atom stereocenters. The van der Waals surface area contributed by atoms with Crippen molar-refractivity contribution in [2.24, 2.45) is 5.92 Å². The standard InChI is InChI=1S/C14H23O4P/c1-3-5-9-13(4-2)12-17-19(15,16)18-14-10-7-6-8-11-14/h6-8,10-11,13H,3-5,9,12H2,1-2H3,(H,15,16). The van der Waals surface area contributed by atoms with Gasteiger partial charge in [0.15, 0.2) is 0 Å². The molecule has 0 aliphatic heterocycles. The number of phosphoric ester groups is 1. The van der Waals surface area contributed by atoms with Crippen LogP contribution in [0.4, 0.5) is 0 Å². The number of para-hydroxylation sites is 1. The Morgan fingerprint density at radius 2 is 1.95 bits per heavy atom. The van der Waals surface area contributed by atoms with Gasteiger partial charge in [-0.2, -0.15) is 0 Å². The molecule has 0 aliphatic carbocycles. The average Bonchev–Trinajstić information content (AvgIpc) is 2.39. The first-order valence-electron chi connectivity index (χ1n) is 6.79. The Bertz CT molecular complexity index is 394. The van der Waals surface area contributed by atoms with Gasteiger partial charge in [0.2, 0.25) is 0 Å². The summed E-state index contributed by atoms with van der Waals surface area (Å²) in [7, 11) is -4.01. The lowest BCUT2D eigenvalue weighted by Crippen LogP contribution is -2.09. The lowest BCUT2D eigenvalue weighted by molar-refractivity contribution is 0.166. The number of rotatable bonds is 9. The van der Waals surface area contributed by atoms with Crippen molar-refractivity contribution in [1.29, 1.82) is 0 Å². The predicted octanol–water partition coefficient (Wildman–Crippen LogP) is 4.40. The largest absolute Gasteiger partial charge is 0.527 e. The van der Waals surface area contributed by atoms with Crippen molar-refractivity contribution in [2.45, 2.75) is 39.5 Å². The van der Waals surface area contributed by atoms with Gasteiger partial charge in [0.1, 0.15) is 5.75 Å². The van der Waals surface area contributed by atoms with E-state index in [1.165, 1.54) is 0 Å². The number of unbranched alkanes of at least 4 members (excludes halogenated alkanes) is 1. The van der Waals surface area contributed by atoms with Crippen LogP contribution in [0, 0.1) is 5.92 Å². The van der Waals surface area contributed by atoms with E-state index in [1.54, 1.807) is 24.3 Å². The normalized spacial score (nSPS) is 15.7. The van der Waals surface area contributed by atoms with Gasteiger partial charge < -0.3 is 4.52 Å². The van der Waals surface area contributed by atoms with Crippen LogP contribution in [0.3, 0.4) is 0 Å². The second kappa shape index (κ2) is 8.36. The molecule has 4 nitrogen and oxygen atoms in total. The number of hydrogen-bond donors (Lipinski definition) is 1. The van der Waals surface area contributed by atoms with E-state index in [-0.39, 0.29) is 6.61 Å². The van der Waals surface area contributed by atoms with E-state index in [2.05, 4.69) is 13.8 Å². The minimum atomic E-state index is -4.01. The third-order valence-electron chi connectivity index (χ3n) is 2.98. The maximum atomic E-state index is 11.8. The molecule has 0 spiro atoms. The Morgan fingerprint density at radius 1 is 1.26 bits per heavy atom. The molecule has 0 fully saturated rings. The summed E-state index contributed by atoms with van der Waals surface area (Å²) in [6.45, 7) is 4.45. The maximum Gasteiger partial charge on any atom is 0.527 e. The van der Waals surface area contributed by atoms with Gasteiger partial charge in [-0.3, -0.25) is 9.42 Å². The molecule has 5 heteroatoms. The quantitative estimate of drug-likeness (QED) is 0.684. The Hall–Kier alpha value is -0.830. The van der Waals surface area contributed by atoms with Crippen LogP contribution in [0.5, 0.6) is 5.75 Å². The molecule has 0 radical (unpaired) electrons. The first-order valence-corrected chi connectivity index (χ1v) is 8.29. The third-order valence-corrected chi connectivity index (χ3v) is 3.90. The lowest BCUT2D eigenvalue weighted by Gasteiger charge is -2.17. The van der Waals surface area contributed by atoms with Crippen molar-refractivity contribution in [2.75, 3.05) is 6.61 Å². The van der Waals surface area contributed by atoms with E-state index in [0.29, 0.717) is 11.7 Å². The van der Waals surface area contributed by atoms with Crippen LogP contribution >= 0.6 is 7.82 Å². The highest BCUT2D eigenvalue weighted by molar-refractivity contribution is 7.47. The van der Waals surface area contributed by atoms with Crippen LogP contribution in [-0.2, 0) is 9.09 Å². The van der Waals surface area contributed by atoms with Crippen LogP contribution in [0.25, 0.3) is 0 Å². The molecule has 0 bridgehead atoms. The molecule has 1 aromatic rings. The topological polar surface area (TPSA) is 55.8 Å². The Balaban J connectivity index is 2.43. The Kier molecular flexibility index (Phi) is 7.14. The van der Waals surface area contributed by atoms with Crippen LogP contribution in [-0.4, -0.2) is 11.5 Å². The molecular weight excluding hydrogens is 263 g/mol. The molecule has 0 aromatic heterocycles. The summed E-state index contributed by atoms with van der Waals surface area (Å²) in [5.74, 6) is 0.648. The molecule has 0 aliphatic rings. The van der Waals surface area contributed by atoms with Crippen LogP contribution in [0.15, 0.2) is 30.3 Å². The fourth-order valence-electron chi connectivity index (χ4n) is 1.74. The van der Waals surface area contributed by atoms with Gasteiger partial charge in [0.25, 0.3) is 0 Å². The molecule has 108 valence electrons. The highest BCUT2D eigenvalue weighted by Crippen LogP contribution is 2.44. The summed E-state index contributed by atoms with van der Waals surface area (Å²) < 4.78 is 21.9. The van der Waals surface area contributed by atoms with E-state index in [1.807, 2.05) is 6.07 Å². The first kappa shape index (κ1) is 16.2. The van der Waals surface area contributed by atoms with Crippen molar-refractivity contribution >= 4 is 7.82 Å². The lowest BCUT2D eigenvalue weighted by atomic mass is 10.0. The summed E-state index contributed by atoms with van der Waals surface area (Å²) in [6, 6.07) is 8.55. The summed E-state index contributed by atoms with van der Waals surface area (Å²) in [6.07, 6.45) is 4.18. The fraction of sp³-hybridized carbons (Fsp3) is 0.571. The molecular formula is C14H23O4P. The van der Waals surface area contributed by atoms with Crippen LogP contribution in [0.2, 0.25) is 0 Å². The minimum Gasteiger partial charge on any atom is -0.404 e. The van der Waals surface area contributed by atoms with E-state index < -0.39 is 7.82 Å². The van der Waals surface area contributed by atoms with Crippen molar-refractivity contribution in [3.8, 4) is 5.75 Å². The maximum absolute atomic E-state index is 11.8. The van der Waals surface area contributed by atoms with Gasteiger partial charge in [0.05, 0.1) is 6.61 Å². The van der Waals surface area contributed by atoms with Crippen molar-refractivity contribution in [3.05, 3.63) is 30.3 Å². The molecule has 19 heavy (non-hydrogen) atoms. The first-order chi connectivity index (χ1) is 9.07. The number of benzene rings is 1. The van der Waals surface area contributed by atoms with Crippen LogP contribution < -0.4 is 4.52 Å². The monoisotopic (exact) mass is 286 g/mol. The molecule has 1 aromatic carbocycles. The van der Waals surface area contributed by atoms with E-state index in [9.17, 15) is 9.46 Å². The van der Waals surface area contributed by atoms with Gasteiger partial charge in [-0.1, -0.05) is 51.3 Å². The Labute approximate surface area is 115 Å².